The number of nitrogens with two attached hydrogens (primary N) is 1. The molecule has 1 fully saturated rings. The molecule has 0 radical (unpaired) electrons. The fourth-order valence-electron chi connectivity index (χ4n) is 3.38. The number of carboxylic acid groups (broad SMARTS) is 1. The first-order chi connectivity index (χ1) is 9.48. The molecule has 2 rings (SSSR count). The summed E-state index contributed by atoms with van der Waals surface area (Å²) in [6, 6.07) is 5.27. The smallest absolute Gasteiger partial charge is 0.311 e. The topological polar surface area (TPSA) is 72.5 Å². The number of benzene rings is 1. The maximum atomic E-state index is 11.9. The van der Waals surface area contributed by atoms with E-state index < -0.39 is 11.9 Å². The molecule has 0 spiro atoms. The molecule has 1 atom stereocenters. The number of aliphatic carboxylic acids is 1. The summed E-state index contributed by atoms with van der Waals surface area (Å²) in [4.78, 5) is 11.9. The van der Waals surface area contributed by atoms with Gasteiger partial charge in [0, 0.05) is 5.69 Å². The minimum Gasteiger partial charge on any atom is -0.497 e. The van der Waals surface area contributed by atoms with Crippen LogP contribution in [0.3, 0.4) is 0 Å². The molecule has 20 heavy (non-hydrogen) atoms. The summed E-state index contributed by atoms with van der Waals surface area (Å²) in [5.41, 5.74) is 7.01. The zero-order valence-corrected chi connectivity index (χ0v) is 12.2. The molecule has 1 aliphatic carbocycles. The van der Waals surface area contributed by atoms with Gasteiger partial charge in [0.25, 0.3) is 0 Å². The van der Waals surface area contributed by atoms with E-state index in [0.29, 0.717) is 17.0 Å². The van der Waals surface area contributed by atoms with Crippen LogP contribution in [0.2, 0.25) is 0 Å². The number of anilines is 1. The number of carboxylic acids is 1. The number of nitrogen functional groups attached to an aromatic ring is 1. The summed E-state index contributed by atoms with van der Waals surface area (Å²) in [5, 5.41) is 9.74. The van der Waals surface area contributed by atoms with Crippen LogP contribution in [0.15, 0.2) is 18.2 Å². The molecule has 0 heterocycles. The quantitative estimate of drug-likeness (QED) is 0.827. The van der Waals surface area contributed by atoms with Gasteiger partial charge in [0.2, 0.25) is 0 Å². The Bertz CT molecular complexity index is 492. The lowest BCUT2D eigenvalue weighted by atomic mass is 9.65. The van der Waals surface area contributed by atoms with Gasteiger partial charge in [-0.05, 0) is 42.0 Å². The van der Waals surface area contributed by atoms with E-state index in [9.17, 15) is 9.90 Å². The third-order valence-corrected chi connectivity index (χ3v) is 4.54. The molecule has 4 heteroatoms. The highest BCUT2D eigenvalue weighted by molar-refractivity contribution is 5.80. The van der Waals surface area contributed by atoms with E-state index in [1.165, 1.54) is 6.42 Å². The van der Waals surface area contributed by atoms with E-state index in [2.05, 4.69) is 6.92 Å². The summed E-state index contributed by atoms with van der Waals surface area (Å²) in [6.45, 7) is 2.07. The highest BCUT2D eigenvalue weighted by atomic mass is 16.5. The number of rotatable bonds is 4. The summed E-state index contributed by atoms with van der Waals surface area (Å²) >= 11 is 0. The van der Waals surface area contributed by atoms with Crippen LogP contribution in [0, 0.1) is 5.41 Å². The first-order valence-corrected chi connectivity index (χ1v) is 7.14. The molecule has 110 valence electrons. The maximum absolute atomic E-state index is 11.9. The van der Waals surface area contributed by atoms with E-state index in [1.807, 2.05) is 0 Å². The summed E-state index contributed by atoms with van der Waals surface area (Å²) in [7, 11) is 1.58. The standard InChI is InChI=1S/C16H23NO3/c1-16(8-4-3-5-9-16)14(15(18)19)12-10-11(20-2)6-7-13(12)17/h6-7,10,14H,3-5,8-9,17H2,1-2H3,(H,18,19). The van der Waals surface area contributed by atoms with Crippen LogP contribution in [-0.2, 0) is 4.79 Å². The molecule has 1 saturated carbocycles. The van der Waals surface area contributed by atoms with Crippen LogP contribution in [-0.4, -0.2) is 18.2 Å². The molecule has 0 aliphatic heterocycles. The lowest BCUT2D eigenvalue weighted by Gasteiger charge is -2.39. The first kappa shape index (κ1) is 14.7. The van der Waals surface area contributed by atoms with Gasteiger partial charge in [0.15, 0.2) is 0 Å². The summed E-state index contributed by atoms with van der Waals surface area (Å²) in [5.74, 6) is -0.716. The molecular weight excluding hydrogens is 254 g/mol. The lowest BCUT2D eigenvalue weighted by molar-refractivity contribution is -0.142. The largest absolute Gasteiger partial charge is 0.497 e. The van der Waals surface area contributed by atoms with Crippen molar-refractivity contribution in [3.05, 3.63) is 23.8 Å². The average molecular weight is 277 g/mol. The van der Waals surface area contributed by atoms with Crippen molar-refractivity contribution in [1.29, 1.82) is 0 Å². The second-order valence-electron chi connectivity index (χ2n) is 5.98. The van der Waals surface area contributed by atoms with Crippen LogP contribution in [0.4, 0.5) is 5.69 Å². The minimum absolute atomic E-state index is 0.232. The monoisotopic (exact) mass is 277 g/mol. The van der Waals surface area contributed by atoms with Crippen molar-refractivity contribution < 1.29 is 14.6 Å². The van der Waals surface area contributed by atoms with Gasteiger partial charge in [0.1, 0.15) is 5.75 Å². The van der Waals surface area contributed by atoms with E-state index in [4.69, 9.17) is 10.5 Å². The van der Waals surface area contributed by atoms with Gasteiger partial charge < -0.3 is 15.6 Å². The average Bonchev–Trinajstić information content (AvgIpc) is 2.41. The van der Waals surface area contributed by atoms with Crippen LogP contribution in [0.1, 0.15) is 50.5 Å². The minimum atomic E-state index is -0.797. The SMILES string of the molecule is COc1ccc(N)c(C(C(=O)O)C2(C)CCCCC2)c1. The van der Waals surface area contributed by atoms with Crippen molar-refractivity contribution in [1.82, 2.24) is 0 Å². The summed E-state index contributed by atoms with van der Waals surface area (Å²) in [6.07, 6.45) is 5.23. The number of ether oxygens (including phenoxy) is 1. The Morgan fingerprint density at radius 3 is 2.55 bits per heavy atom. The number of hydrogen-bond acceptors (Lipinski definition) is 3. The molecule has 1 aliphatic rings. The van der Waals surface area contributed by atoms with Crippen molar-refractivity contribution >= 4 is 11.7 Å². The Hall–Kier alpha value is -1.71. The Balaban J connectivity index is 2.45. The molecule has 0 bridgehead atoms. The molecule has 0 amide bonds. The molecule has 1 aromatic carbocycles. The second-order valence-corrected chi connectivity index (χ2v) is 5.98. The van der Waals surface area contributed by atoms with E-state index in [0.717, 1.165) is 25.7 Å². The highest BCUT2D eigenvalue weighted by Crippen LogP contribution is 2.48. The predicted octanol–water partition coefficient (Wildman–Crippen LogP) is 3.42. The van der Waals surface area contributed by atoms with Crippen LogP contribution < -0.4 is 10.5 Å². The van der Waals surface area contributed by atoms with Crippen LogP contribution in [0.25, 0.3) is 0 Å². The molecule has 1 aromatic rings. The Kier molecular flexibility index (Phi) is 4.21. The van der Waals surface area contributed by atoms with Gasteiger partial charge in [-0.25, -0.2) is 0 Å². The molecule has 3 N–H and O–H groups in total. The van der Waals surface area contributed by atoms with Crippen molar-refractivity contribution in [3.8, 4) is 5.75 Å². The normalized spacial score (nSPS) is 19.3. The first-order valence-electron chi connectivity index (χ1n) is 7.14. The van der Waals surface area contributed by atoms with Crippen molar-refractivity contribution in [2.24, 2.45) is 5.41 Å². The molecule has 0 saturated heterocycles. The Morgan fingerprint density at radius 1 is 1.35 bits per heavy atom. The van der Waals surface area contributed by atoms with Gasteiger partial charge in [0.05, 0.1) is 13.0 Å². The van der Waals surface area contributed by atoms with Crippen LogP contribution >= 0.6 is 0 Å². The molecule has 1 unspecified atom stereocenters. The lowest BCUT2D eigenvalue weighted by Crippen LogP contribution is -2.34. The van der Waals surface area contributed by atoms with Crippen LogP contribution in [0.5, 0.6) is 5.75 Å². The number of hydrogen-bond donors (Lipinski definition) is 2. The van der Waals surface area contributed by atoms with E-state index >= 15 is 0 Å². The fraction of sp³-hybridized carbons (Fsp3) is 0.562. The Morgan fingerprint density at radius 2 is 2.00 bits per heavy atom. The summed E-state index contributed by atoms with van der Waals surface area (Å²) < 4.78 is 5.21. The maximum Gasteiger partial charge on any atom is 0.311 e. The fourth-order valence-corrected chi connectivity index (χ4v) is 3.38. The highest BCUT2D eigenvalue weighted by Gasteiger charge is 2.41. The van der Waals surface area contributed by atoms with E-state index in [1.54, 1.807) is 25.3 Å². The molecule has 4 nitrogen and oxygen atoms in total. The number of carbonyl (C=O) groups is 1. The van der Waals surface area contributed by atoms with E-state index in [-0.39, 0.29) is 5.41 Å². The van der Waals surface area contributed by atoms with Crippen molar-refractivity contribution in [2.75, 3.05) is 12.8 Å². The van der Waals surface area contributed by atoms with Gasteiger partial charge in [-0.2, -0.15) is 0 Å². The van der Waals surface area contributed by atoms with Gasteiger partial charge in [-0.15, -0.1) is 0 Å². The Labute approximate surface area is 119 Å². The third-order valence-electron chi connectivity index (χ3n) is 4.54. The number of methoxy groups -OCH3 is 1. The van der Waals surface area contributed by atoms with Crippen molar-refractivity contribution in [3.63, 3.8) is 0 Å². The zero-order chi connectivity index (χ0) is 14.8. The molecule has 0 aromatic heterocycles. The zero-order valence-electron chi connectivity index (χ0n) is 12.2. The molecular formula is C16H23NO3. The predicted molar refractivity (Wildman–Crippen MR) is 79.0 cm³/mol. The van der Waals surface area contributed by atoms with Crippen molar-refractivity contribution in [2.45, 2.75) is 44.9 Å². The second kappa shape index (κ2) is 5.73. The third kappa shape index (κ3) is 2.74. The van der Waals surface area contributed by atoms with Gasteiger partial charge in [-0.3, -0.25) is 4.79 Å². The van der Waals surface area contributed by atoms with Gasteiger partial charge >= 0.3 is 5.97 Å². The van der Waals surface area contributed by atoms with Gasteiger partial charge in [-0.1, -0.05) is 26.2 Å².